The predicted molar refractivity (Wildman–Crippen MR) is 142 cm³/mol. The molecule has 1 fully saturated rings. The Kier molecular flexibility index (Phi) is 6.04. The van der Waals surface area contributed by atoms with Crippen LogP contribution in [0.15, 0.2) is 69.2 Å². The molecule has 0 bridgehead atoms. The summed E-state index contributed by atoms with van der Waals surface area (Å²) in [4.78, 5) is 28.8. The van der Waals surface area contributed by atoms with Crippen LogP contribution in [0.3, 0.4) is 0 Å². The predicted octanol–water partition coefficient (Wildman–Crippen LogP) is 3.39. The number of benzene rings is 1. The van der Waals surface area contributed by atoms with Crippen molar-refractivity contribution in [1.29, 1.82) is 0 Å². The minimum Gasteiger partial charge on any atom is -0.359 e. The first-order valence-corrected chi connectivity index (χ1v) is 13.4. The summed E-state index contributed by atoms with van der Waals surface area (Å²) in [7, 11) is 0. The molecule has 7 nitrogen and oxygen atoms in total. The number of rotatable bonds is 5. The molecule has 0 amide bonds. The van der Waals surface area contributed by atoms with E-state index >= 15 is 0 Å². The van der Waals surface area contributed by atoms with Crippen LogP contribution in [0.5, 0.6) is 0 Å². The minimum absolute atomic E-state index is 0.00510. The number of thioether (sulfide) groups is 1. The van der Waals surface area contributed by atoms with Gasteiger partial charge in [0.25, 0.3) is 11.1 Å². The third-order valence-electron chi connectivity index (χ3n) is 7.48. The normalized spacial score (nSPS) is 20.6. The Hall–Kier alpha value is -2.81. The summed E-state index contributed by atoms with van der Waals surface area (Å²) in [6.45, 7) is 8.33. The van der Waals surface area contributed by atoms with Gasteiger partial charge in [-0.3, -0.25) is 18.7 Å². The molecule has 6 rings (SSSR count). The first-order chi connectivity index (χ1) is 17.0. The van der Waals surface area contributed by atoms with Crippen LogP contribution in [-0.2, 0) is 13.1 Å². The lowest BCUT2D eigenvalue weighted by molar-refractivity contribution is 0.171. The zero-order chi connectivity index (χ0) is 23.9. The molecule has 182 valence electrons. The van der Waals surface area contributed by atoms with Crippen LogP contribution in [0.1, 0.15) is 30.9 Å². The largest absolute Gasteiger partial charge is 0.359 e. The number of anilines is 1. The van der Waals surface area contributed by atoms with Crippen LogP contribution < -0.4 is 21.8 Å². The highest BCUT2D eigenvalue weighted by molar-refractivity contribution is 7.99. The standard InChI is InChI=1S/C27H31N5O2S/c1-18-10-13-35-24-5-2-19(14-23(24)29-18)15-28-21-8-11-30(12-9-21)16-22-17-31-25(33)6-3-20-4-7-26(34)32(22)27(20)31/h2-7,14,21-22,28-29H,1,8-13,15-17H2/t22-/m1/s1. The van der Waals surface area contributed by atoms with Crippen molar-refractivity contribution in [1.82, 2.24) is 19.4 Å². The molecule has 5 heterocycles. The third kappa shape index (κ3) is 4.46. The van der Waals surface area contributed by atoms with E-state index in [0.29, 0.717) is 12.6 Å². The molecular weight excluding hydrogens is 458 g/mol. The van der Waals surface area contributed by atoms with Crippen LogP contribution in [-0.4, -0.2) is 45.5 Å². The zero-order valence-electron chi connectivity index (χ0n) is 19.8. The third-order valence-corrected chi connectivity index (χ3v) is 8.56. The lowest BCUT2D eigenvalue weighted by atomic mass is 10.0. The molecule has 1 saturated heterocycles. The fourth-order valence-corrected chi connectivity index (χ4v) is 6.62. The quantitative estimate of drug-likeness (QED) is 0.573. The van der Waals surface area contributed by atoms with E-state index in [2.05, 4.69) is 40.3 Å². The number of pyridine rings is 2. The highest BCUT2D eigenvalue weighted by atomic mass is 32.2. The van der Waals surface area contributed by atoms with E-state index in [0.717, 1.165) is 67.9 Å². The molecule has 1 aromatic carbocycles. The second kappa shape index (κ2) is 9.33. The van der Waals surface area contributed by atoms with Gasteiger partial charge in [0.2, 0.25) is 0 Å². The van der Waals surface area contributed by atoms with Gasteiger partial charge in [0.05, 0.1) is 11.7 Å². The Balaban J connectivity index is 1.06. The molecule has 0 unspecified atom stereocenters. The van der Waals surface area contributed by atoms with E-state index < -0.39 is 0 Å². The Labute approximate surface area is 208 Å². The number of likely N-dealkylation sites (tertiary alicyclic amines) is 1. The van der Waals surface area contributed by atoms with Crippen molar-refractivity contribution in [2.75, 3.05) is 30.7 Å². The van der Waals surface area contributed by atoms with E-state index in [-0.39, 0.29) is 17.2 Å². The average molecular weight is 490 g/mol. The van der Waals surface area contributed by atoms with Gasteiger partial charge in [-0.05, 0) is 62.2 Å². The molecule has 0 radical (unpaired) electrons. The summed E-state index contributed by atoms with van der Waals surface area (Å²) in [6.07, 6.45) is 3.15. The van der Waals surface area contributed by atoms with E-state index in [9.17, 15) is 9.59 Å². The number of aromatic nitrogens is 2. The maximum atomic E-state index is 12.7. The molecule has 0 spiro atoms. The second-order valence-electron chi connectivity index (χ2n) is 9.87. The Morgan fingerprint density at radius 3 is 2.69 bits per heavy atom. The molecule has 0 aliphatic carbocycles. The van der Waals surface area contributed by atoms with Crippen LogP contribution in [0.25, 0.3) is 11.0 Å². The fraction of sp³-hybridized carbons (Fsp3) is 0.407. The summed E-state index contributed by atoms with van der Waals surface area (Å²) in [5, 5.41) is 8.16. The number of fused-ring (bicyclic) bond motifs is 1. The van der Waals surface area contributed by atoms with Crippen molar-refractivity contribution in [3.05, 3.63) is 81.0 Å². The van der Waals surface area contributed by atoms with Gasteiger partial charge < -0.3 is 15.5 Å². The zero-order valence-corrected chi connectivity index (χ0v) is 20.7. The number of piperidine rings is 1. The molecule has 1 atom stereocenters. The van der Waals surface area contributed by atoms with Crippen molar-refractivity contribution < 1.29 is 0 Å². The number of hydrogen-bond donors (Lipinski definition) is 2. The Morgan fingerprint density at radius 1 is 1.06 bits per heavy atom. The van der Waals surface area contributed by atoms with Crippen molar-refractivity contribution in [2.24, 2.45) is 0 Å². The van der Waals surface area contributed by atoms with E-state index in [1.54, 1.807) is 16.7 Å². The van der Waals surface area contributed by atoms with Gasteiger partial charge >= 0.3 is 0 Å². The Morgan fingerprint density at radius 2 is 1.86 bits per heavy atom. The second-order valence-corrected chi connectivity index (χ2v) is 11.0. The molecule has 0 saturated carbocycles. The Bertz CT molecular complexity index is 1400. The monoisotopic (exact) mass is 489 g/mol. The molecule has 8 heteroatoms. The summed E-state index contributed by atoms with van der Waals surface area (Å²) < 4.78 is 3.60. The lowest BCUT2D eigenvalue weighted by Gasteiger charge is -2.34. The number of nitrogens with zero attached hydrogens (tertiary/aromatic N) is 3. The molecule has 3 aliphatic heterocycles. The van der Waals surface area contributed by atoms with Gasteiger partial charge in [-0.15, -0.1) is 11.8 Å². The van der Waals surface area contributed by atoms with Crippen LogP contribution in [0, 0.1) is 0 Å². The smallest absolute Gasteiger partial charge is 0.252 e. The summed E-state index contributed by atoms with van der Waals surface area (Å²) in [5.74, 6) is 1.07. The molecule has 3 aliphatic rings. The number of nitrogens with one attached hydrogen (secondary N) is 2. The van der Waals surface area contributed by atoms with Crippen LogP contribution in [0.2, 0.25) is 0 Å². The van der Waals surface area contributed by atoms with Crippen molar-refractivity contribution in [3.8, 4) is 0 Å². The molecule has 35 heavy (non-hydrogen) atoms. The van der Waals surface area contributed by atoms with E-state index in [1.165, 1.54) is 16.1 Å². The molecule has 2 aromatic heterocycles. The van der Waals surface area contributed by atoms with Crippen molar-refractivity contribution in [2.45, 2.75) is 49.3 Å². The molecule has 2 N–H and O–H groups in total. The van der Waals surface area contributed by atoms with Crippen molar-refractivity contribution >= 4 is 28.5 Å². The number of allylic oxidation sites excluding steroid dienone is 1. The maximum absolute atomic E-state index is 12.7. The van der Waals surface area contributed by atoms with Gasteiger partial charge in [-0.25, -0.2) is 0 Å². The summed E-state index contributed by atoms with van der Waals surface area (Å²) in [6, 6.07) is 14.0. The maximum Gasteiger partial charge on any atom is 0.252 e. The highest BCUT2D eigenvalue weighted by Crippen LogP contribution is 2.33. The van der Waals surface area contributed by atoms with E-state index in [4.69, 9.17) is 0 Å². The topological polar surface area (TPSA) is 71.3 Å². The summed E-state index contributed by atoms with van der Waals surface area (Å²) >= 11 is 1.89. The molecule has 3 aromatic rings. The lowest BCUT2D eigenvalue weighted by Crippen LogP contribution is -2.44. The van der Waals surface area contributed by atoms with Crippen LogP contribution >= 0.6 is 11.8 Å². The van der Waals surface area contributed by atoms with Gasteiger partial charge in [-0.1, -0.05) is 12.6 Å². The summed E-state index contributed by atoms with van der Waals surface area (Å²) in [5.41, 5.74) is 4.27. The van der Waals surface area contributed by atoms with E-state index in [1.807, 2.05) is 28.5 Å². The first kappa shape index (κ1) is 22.6. The number of hydrogen-bond acceptors (Lipinski definition) is 6. The van der Waals surface area contributed by atoms with Gasteiger partial charge in [-0.2, -0.15) is 0 Å². The van der Waals surface area contributed by atoms with Gasteiger partial charge in [0, 0.05) is 59.5 Å². The average Bonchev–Trinajstić information content (AvgIpc) is 3.14. The first-order valence-electron chi connectivity index (χ1n) is 12.5. The minimum atomic E-state index is -0.0295. The van der Waals surface area contributed by atoms with Gasteiger partial charge in [0.15, 0.2) is 0 Å². The highest BCUT2D eigenvalue weighted by Gasteiger charge is 2.29. The SMILES string of the molecule is C=C1CCSc2ccc(CNC3CCN(C[C@@H]4Cn5c(=O)ccc6ccc(=O)n4c65)CC3)cc2N1. The fourth-order valence-electron chi connectivity index (χ4n) is 5.62. The van der Waals surface area contributed by atoms with Gasteiger partial charge in [0.1, 0.15) is 5.65 Å². The van der Waals surface area contributed by atoms with Crippen LogP contribution in [0.4, 0.5) is 5.69 Å². The van der Waals surface area contributed by atoms with Crippen molar-refractivity contribution in [3.63, 3.8) is 0 Å². The molecular formula is C27H31N5O2S.